The second-order valence-electron chi connectivity index (χ2n) is 7.14. The van der Waals surface area contributed by atoms with E-state index in [0.717, 1.165) is 22.2 Å². The number of aromatic nitrogens is 1. The molecule has 3 amide bonds. The minimum atomic E-state index is -0.497. The molecule has 2 aromatic carbocycles. The van der Waals surface area contributed by atoms with Crippen molar-refractivity contribution in [3.05, 3.63) is 70.8 Å². The molecule has 1 aliphatic rings. The first kappa shape index (κ1) is 23.1. The molecule has 1 aromatic heterocycles. The molecule has 10 heteroatoms. The predicted octanol–water partition coefficient (Wildman–Crippen LogP) is 3.83. The van der Waals surface area contributed by atoms with Crippen molar-refractivity contribution in [2.75, 3.05) is 27.3 Å². The summed E-state index contributed by atoms with van der Waals surface area (Å²) in [7, 11) is 3.06. The highest BCUT2D eigenvalue weighted by Gasteiger charge is 2.34. The van der Waals surface area contributed by atoms with Crippen LogP contribution in [0, 0.1) is 0 Å². The summed E-state index contributed by atoms with van der Waals surface area (Å²) in [5, 5.41) is 6.09. The van der Waals surface area contributed by atoms with Crippen molar-refractivity contribution < 1.29 is 28.4 Å². The Balaban J connectivity index is 1.37. The summed E-state index contributed by atoms with van der Waals surface area (Å²) in [5.41, 5.74) is 1.46. The number of carbonyl (C=O) groups is 3. The third kappa shape index (κ3) is 4.96. The number of nitrogens with zero attached hydrogens (tertiary/aromatic N) is 2. The van der Waals surface area contributed by atoms with Crippen LogP contribution in [0.15, 0.2) is 64.0 Å². The lowest BCUT2D eigenvalue weighted by Crippen LogP contribution is -2.37. The van der Waals surface area contributed by atoms with Gasteiger partial charge in [-0.1, -0.05) is 35.5 Å². The van der Waals surface area contributed by atoms with Gasteiger partial charge in [-0.2, -0.15) is 0 Å². The van der Waals surface area contributed by atoms with Gasteiger partial charge in [-0.25, -0.2) is 0 Å². The van der Waals surface area contributed by atoms with Gasteiger partial charge in [-0.3, -0.25) is 19.3 Å². The van der Waals surface area contributed by atoms with E-state index in [1.54, 1.807) is 31.4 Å². The first-order valence-corrected chi connectivity index (χ1v) is 11.1. The van der Waals surface area contributed by atoms with Gasteiger partial charge in [0.25, 0.3) is 17.1 Å². The Labute approximate surface area is 199 Å². The largest absolute Gasteiger partial charge is 0.497 e. The number of imide groups is 1. The van der Waals surface area contributed by atoms with Gasteiger partial charge in [0.2, 0.25) is 0 Å². The monoisotopic (exact) mass is 479 g/mol. The van der Waals surface area contributed by atoms with Crippen molar-refractivity contribution in [1.29, 1.82) is 0 Å². The molecule has 1 saturated heterocycles. The average molecular weight is 480 g/mol. The smallest absolute Gasteiger partial charge is 0.293 e. The first-order valence-electron chi connectivity index (χ1n) is 10.3. The highest BCUT2D eigenvalue weighted by Crippen LogP contribution is 2.34. The lowest BCUT2D eigenvalue weighted by atomic mass is 10.1. The second-order valence-corrected chi connectivity index (χ2v) is 8.14. The molecule has 0 saturated carbocycles. The molecule has 9 nitrogen and oxygen atoms in total. The molecule has 1 fully saturated rings. The summed E-state index contributed by atoms with van der Waals surface area (Å²) in [6, 6.07) is 15.9. The van der Waals surface area contributed by atoms with Crippen LogP contribution in [0.25, 0.3) is 17.4 Å². The van der Waals surface area contributed by atoms with Crippen LogP contribution in [0.4, 0.5) is 4.79 Å². The van der Waals surface area contributed by atoms with Crippen molar-refractivity contribution in [3.8, 4) is 22.8 Å². The van der Waals surface area contributed by atoms with Crippen molar-refractivity contribution in [2.24, 2.45) is 0 Å². The van der Waals surface area contributed by atoms with E-state index in [1.807, 2.05) is 30.3 Å². The Morgan fingerprint density at radius 3 is 2.65 bits per heavy atom. The lowest BCUT2D eigenvalue weighted by molar-refractivity contribution is -0.122. The minimum absolute atomic E-state index is 0.0386. The van der Waals surface area contributed by atoms with E-state index in [4.69, 9.17) is 14.0 Å². The number of ether oxygens (including phenoxy) is 2. The summed E-state index contributed by atoms with van der Waals surface area (Å²) in [6.45, 7) is 0.108. The van der Waals surface area contributed by atoms with E-state index in [1.165, 1.54) is 13.2 Å². The quantitative estimate of drug-likeness (QED) is 0.486. The van der Waals surface area contributed by atoms with Crippen LogP contribution in [0.2, 0.25) is 0 Å². The minimum Gasteiger partial charge on any atom is -0.497 e. The molecular weight excluding hydrogens is 458 g/mol. The van der Waals surface area contributed by atoms with Crippen LogP contribution in [-0.4, -0.2) is 54.4 Å². The molecule has 2 heterocycles. The maximum absolute atomic E-state index is 12.6. The number of thioether (sulfide) groups is 1. The summed E-state index contributed by atoms with van der Waals surface area (Å²) in [6.07, 6.45) is 1.67. The molecule has 0 spiro atoms. The number of carbonyl (C=O) groups excluding carboxylic acids is 3. The summed E-state index contributed by atoms with van der Waals surface area (Å²) in [5.74, 6) is 0.576. The van der Waals surface area contributed by atoms with E-state index in [-0.39, 0.29) is 29.9 Å². The number of hydrogen-bond donors (Lipinski definition) is 1. The molecule has 0 radical (unpaired) electrons. The number of hydrogen-bond acceptors (Lipinski definition) is 8. The molecule has 0 bridgehead atoms. The lowest BCUT2D eigenvalue weighted by Gasteiger charge is -2.12. The highest BCUT2D eigenvalue weighted by molar-refractivity contribution is 8.18. The maximum atomic E-state index is 12.6. The molecule has 1 aliphatic heterocycles. The maximum Gasteiger partial charge on any atom is 0.293 e. The highest BCUT2D eigenvalue weighted by atomic mass is 32.2. The van der Waals surface area contributed by atoms with Crippen LogP contribution in [0.5, 0.6) is 11.5 Å². The molecule has 0 unspecified atom stereocenters. The van der Waals surface area contributed by atoms with E-state index in [9.17, 15) is 14.4 Å². The molecule has 3 aromatic rings. The molecule has 34 heavy (non-hydrogen) atoms. The van der Waals surface area contributed by atoms with E-state index < -0.39 is 5.91 Å². The Hall–Kier alpha value is -4.05. The predicted molar refractivity (Wildman–Crippen MR) is 126 cm³/mol. The molecule has 1 N–H and O–H groups in total. The van der Waals surface area contributed by atoms with Gasteiger partial charge >= 0.3 is 0 Å². The Bertz CT molecular complexity index is 1250. The third-order valence-electron chi connectivity index (χ3n) is 5.01. The van der Waals surface area contributed by atoms with E-state index in [0.29, 0.717) is 27.7 Å². The SMILES string of the molecule is COc1ccc(OC)c(-c2cc(C(=O)NCCN3C(=O)S/C(=C/c4ccccc4)C3=O)no2)c1. The standard InChI is InChI=1S/C24H21N3O6S/c1-31-16-8-9-19(32-2)17(13-16)20-14-18(26-33-20)22(28)25-10-11-27-23(29)21(34-24(27)30)12-15-6-4-3-5-7-15/h3-9,12-14H,10-11H2,1-2H3,(H,25,28)/b21-12+. The Kier molecular flexibility index (Phi) is 6.98. The summed E-state index contributed by atoms with van der Waals surface area (Å²) in [4.78, 5) is 38.8. The zero-order valence-corrected chi connectivity index (χ0v) is 19.3. The van der Waals surface area contributed by atoms with Crippen molar-refractivity contribution in [3.63, 3.8) is 0 Å². The normalized spacial score (nSPS) is 14.5. The average Bonchev–Trinajstić information content (AvgIpc) is 3.45. The molecule has 0 aliphatic carbocycles. The van der Waals surface area contributed by atoms with Gasteiger partial charge in [0.05, 0.1) is 24.7 Å². The van der Waals surface area contributed by atoms with E-state index >= 15 is 0 Å². The second kappa shape index (κ2) is 10.3. The van der Waals surface area contributed by atoms with Gasteiger partial charge in [-0.15, -0.1) is 0 Å². The fourth-order valence-corrected chi connectivity index (χ4v) is 4.15. The Morgan fingerprint density at radius 1 is 1.12 bits per heavy atom. The molecule has 0 atom stereocenters. The first-order chi connectivity index (χ1) is 16.5. The van der Waals surface area contributed by atoms with Gasteiger partial charge < -0.3 is 19.3 Å². The molecule has 4 rings (SSSR count). The zero-order chi connectivity index (χ0) is 24.1. The number of rotatable bonds is 8. The van der Waals surface area contributed by atoms with Gasteiger partial charge in [0.15, 0.2) is 11.5 Å². The summed E-state index contributed by atoms with van der Waals surface area (Å²) >= 11 is 0.876. The van der Waals surface area contributed by atoms with Crippen molar-refractivity contribution in [1.82, 2.24) is 15.4 Å². The Morgan fingerprint density at radius 2 is 1.91 bits per heavy atom. The number of benzene rings is 2. The number of nitrogens with one attached hydrogen (secondary N) is 1. The molecule has 174 valence electrons. The van der Waals surface area contributed by atoms with Gasteiger partial charge in [0, 0.05) is 19.2 Å². The zero-order valence-electron chi connectivity index (χ0n) is 18.4. The van der Waals surface area contributed by atoms with Crippen LogP contribution in [0.3, 0.4) is 0 Å². The van der Waals surface area contributed by atoms with Gasteiger partial charge in [0.1, 0.15) is 11.5 Å². The van der Waals surface area contributed by atoms with Crippen LogP contribution < -0.4 is 14.8 Å². The van der Waals surface area contributed by atoms with Crippen molar-refractivity contribution >= 4 is 34.9 Å². The fourth-order valence-electron chi connectivity index (χ4n) is 3.28. The van der Waals surface area contributed by atoms with Crippen LogP contribution >= 0.6 is 11.8 Å². The van der Waals surface area contributed by atoms with Gasteiger partial charge in [-0.05, 0) is 41.6 Å². The third-order valence-corrected chi connectivity index (χ3v) is 5.91. The number of amides is 3. The number of methoxy groups -OCH3 is 2. The molecular formula is C24H21N3O6S. The van der Waals surface area contributed by atoms with Crippen LogP contribution in [-0.2, 0) is 4.79 Å². The van der Waals surface area contributed by atoms with Crippen LogP contribution in [0.1, 0.15) is 16.1 Å². The van der Waals surface area contributed by atoms with Crippen molar-refractivity contribution in [2.45, 2.75) is 0 Å². The fraction of sp³-hybridized carbons (Fsp3) is 0.167. The summed E-state index contributed by atoms with van der Waals surface area (Å²) < 4.78 is 15.9. The van der Waals surface area contributed by atoms with E-state index in [2.05, 4.69) is 10.5 Å². The topological polar surface area (TPSA) is 111 Å².